The number of hydrogen-bond acceptors (Lipinski definition) is 7. The van der Waals surface area contributed by atoms with Gasteiger partial charge in [0.25, 0.3) is 5.91 Å². The molecule has 4 aliphatic heterocycles. The van der Waals surface area contributed by atoms with Crippen molar-refractivity contribution in [3.63, 3.8) is 0 Å². The minimum atomic E-state index is -0.578. The Kier molecular flexibility index (Phi) is 7.80. The van der Waals surface area contributed by atoms with Crippen molar-refractivity contribution in [1.29, 1.82) is 0 Å². The standard InChI is InChI=1S/C31H37N5O5S/c1-31(2,3)41-30(39)35-17-7-8-19(18-35)33-27(37)26-25-24-23(15-16-32-28(24)42-26)36(29(38)34-25)20-11-13-22(14-12-20)40-21-9-5-4-6-10-21/h4-6,9-14,19,23-24,28,32H,7-8,15-18H2,1-3H3,(H,33,37)(H,34,38)/t19-,23?,24?,28?/m1/s1. The van der Waals surface area contributed by atoms with Crippen LogP contribution < -0.4 is 25.6 Å². The Morgan fingerprint density at radius 2 is 1.76 bits per heavy atom. The van der Waals surface area contributed by atoms with E-state index in [0.717, 1.165) is 37.2 Å². The number of amides is 4. The van der Waals surface area contributed by atoms with Crippen LogP contribution in [0.3, 0.4) is 0 Å². The lowest BCUT2D eigenvalue weighted by atomic mass is 9.86. The Morgan fingerprint density at radius 3 is 2.50 bits per heavy atom. The number of carbonyl (C=O) groups excluding carboxylic acids is 3. The fourth-order valence-electron chi connectivity index (χ4n) is 6.06. The average Bonchev–Trinajstić information content (AvgIpc) is 3.33. The lowest BCUT2D eigenvalue weighted by Crippen LogP contribution is -2.62. The molecule has 0 aliphatic carbocycles. The van der Waals surface area contributed by atoms with Crippen LogP contribution in [0.2, 0.25) is 0 Å². The fraction of sp³-hybridized carbons (Fsp3) is 0.452. The molecule has 4 amide bonds. The molecule has 4 aliphatic rings. The highest BCUT2D eigenvalue weighted by Crippen LogP contribution is 2.48. The monoisotopic (exact) mass is 591 g/mol. The normalized spacial score (nSPS) is 25.5. The lowest BCUT2D eigenvalue weighted by Gasteiger charge is -2.45. The van der Waals surface area contributed by atoms with E-state index < -0.39 is 5.60 Å². The maximum absolute atomic E-state index is 13.6. The molecule has 3 unspecified atom stereocenters. The van der Waals surface area contributed by atoms with Crippen LogP contribution in [0.5, 0.6) is 11.5 Å². The molecule has 3 N–H and O–H groups in total. The SMILES string of the molecule is CC(C)(C)OC(=O)N1CCC[C@@H](NC(=O)C2=C3NC(=O)N(c4ccc(Oc5ccccc5)cc4)C4CCNC(S2)C34)C1. The van der Waals surface area contributed by atoms with Gasteiger partial charge in [-0.2, -0.15) is 0 Å². The summed E-state index contributed by atoms with van der Waals surface area (Å²) in [6, 6.07) is 16.6. The molecular formula is C31H37N5O5S. The van der Waals surface area contributed by atoms with E-state index in [4.69, 9.17) is 9.47 Å². The first-order valence-electron chi connectivity index (χ1n) is 14.5. The molecule has 11 heteroatoms. The molecule has 0 saturated carbocycles. The van der Waals surface area contributed by atoms with Gasteiger partial charge in [0.05, 0.1) is 16.3 Å². The number of hydrogen-bond donors (Lipinski definition) is 3. The molecule has 10 nitrogen and oxygen atoms in total. The molecule has 0 radical (unpaired) electrons. The molecule has 2 aromatic carbocycles. The van der Waals surface area contributed by atoms with Crippen LogP contribution >= 0.6 is 11.8 Å². The first-order chi connectivity index (χ1) is 20.2. The van der Waals surface area contributed by atoms with Gasteiger partial charge in [-0.1, -0.05) is 30.0 Å². The Bertz CT molecular complexity index is 1380. The van der Waals surface area contributed by atoms with Crippen LogP contribution in [0.4, 0.5) is 15.3 Å². The smallest absolute Gasteiger partial charge is 0.410 e. The van der Waals surface area contributed by atoms with Gasteiger partial charge in [-0.25, -0.2) is 9.59 Å². The first kappa shape index (κ1) is 28.4. The number of anilines is 1. The number of piperidine rings is 2. The Labute approximate surface area is 250 Å². The fourth-order valence-corrected chi connectivity index (χ4v) is 7.46. The van der Waals surface area contributed by atoms with Crippen molar-refractivity contribution in [1.82, 2.24) is 20.9 Å². The molecule has 4 heterocycles. The molecular weight excluding hydrogens is 554 g/mol. The minimum Gasteiger partial charge on any atom is -0.457 e. The summed E-state index contributed by atoms with van der Waals surface area (Å²) >= 11 is 1.48. The number of nitrogens with zero attached hydrogens (tertiary/aromatic N) is 2. The van der Waals surface area contributed by atoms with E-state index >= 15 is 0 Å². The zero-order chi connectivity index (χ0) is 29.4. The molecule has 42 heavy (non-hydrogen) atoms. The number of ether oxygens (including phenoxy) is 2. The highest BCUT2D eigenvalue weighted by molar-refractivity contribution is 8.04. The van der Waals surface area contributed by atoms with Crippen molar-refractivity contribution in [2.75, 3.05) is 24.5 Å². The van der Waals surface area contributed by atoms with Gasteiger partial charge in [-0.05, 0) is 83.0 Å². The summed E-state index contributed by atoms with van der Waals surface area (Å²) in [7, 11) is 0. The largest absolute Gasteiger partial charge is 0.457 e. The second-order valence-electron chi connectivity index (χ2n) is 12.1. The number of carbonyl (C=O) groups is 3. The van der Waals surface area contributed by atoms with Crippen molar-refractivity contribution in [2.24, 2.45) is 5.92 Å². The van der Waals surface area contributed by atoms with Crippen molar-refractivity contribution in [2.45, 2.75) is 63.1 Å². The highest BCUT2D eigenvalue weighted by Gasteiger charge is 2.51. The maximum atomic E-state index is 13.6. The number of para-hydroxylation sites is 1. The second-order valence-corrected chi connectivity index (χ2v) is 13.2. The van der Waals surface area contributed by atoms with Crippen LogP contribution in [-0.2, 0) is 9.53 Å². The zero-order valence-electron chi connectivity index (χ0n) is 24.1. The summed E-state index contributed by atoms with van der Waals surface area (Å²) in [6.45, 7) is 7.27. The van der Waals surface area contributed by atoms with E-state index in [2.05, 4.69) is 16.0 Å². The predicted octanol–water partition coefficient (Wildman–Crippen LogP) is 4.79. The van der Waals surface area contributed by atoms with Crippen LogP contribution in [-0.4, -0.2) is 65.6 Å². The van der Waals surface area contributed by atoms with Crippen molar-refractivity contribution < 1.29 is 23.9 Å². The Hall–Kier alpha value is -3.70. The zero-order valence-corrected chi connectivity index (χ0v) is 24.9. The molecule has 0 bridgehead atoms. The summed E-state index contributed by atoms with van der Waals surface area (Å²) < 4.78 is 11.5. The molecule has 3 saturated heterocycles. The number of urea groups is 1. The Morgan fingerprint density at radius 1 is 1.02 bits per heavy atom. The van der Waals surface area contributed by atoms with Crippen molar-refractivity contribution >= 4 is 35.5 Å². The van der Waals surface area contributed by atoms with E-state index in [9.17, 15) is 14.4 Å². The van der Waals surface area contributed by atoms with E-state index in [1.807, 2.05) is 80.3 Å². The quantitative estimate of drug-likeness (QED) is 0.459. The van der Waals surface area contributed by atoms with Crippen LogP contribution in [0, 0.1) is 5.92 Å². The highest BCUT2D eigenvalue weighted by atomic mass is 32.2. The van der Waals surface area contributed by atoms with Gasteiger partial charge in [0.2, 0.25) is 0 Å². The van der Waals surface area contributed by atoms with Gasteiger partial charge in [0, 0.05) is 36.4 Å². The summed E-state index contributed by atoms with van der Waals surface area (Å²) in [4.78, 5) is 43.7. The second kappa shape index (κ2) is 11.5. The lowest BCUT2D eigenvalue weighted by molar-refractivity contribution is -0.118. The van der Waals surface area contributed by atoms with Gasteiger partial charge in [0.15, 0.2) is 0 Å². The number of nitrogens with one attached hydrogen (secondary N) is 3. The maximum Gasteiger partial charge on any atom is 0.410 e. The van der Waals surface area contributed by atoms with E-state index in [0.29, 0.717) is 29.4 Å². The Balaban J connectivity index is 1.16. The molecule has 222 valence electrons. The van der Waals surface area contributed by atoms with Gasteiger partial charge < -0.3 is 30.3 Å². The third kappa shape index (κ3) is 5.94. The third-order valence-corrected chi connectivity index (χ3v) is 9.20. The van der Waals surface area contributed by atoms with E-state index in [1.54, 1.807) is 4.90 Å². The molecule has 0 spiro atoms. The van der Waals surface area contributed by atoms with Crippen LogP contribution in [0.15, 0.2) is 65.2 Å². The summed E-state index contributed by atoms with van der Waals surface area (Å²) in [5.74, 6) is 1.18. The summed E-state index contributed by atoms with van der Waals surface area (Å²) in [6.07, 6.45) is 1.95. The van der Waals surface area contributed by atoms with E-state index in [-0.39, 0.29) is 41.4 Å². The van der Waals surface area contributed by atoms with Crippen LogP contribution in [0.25, 0.3) is 0 Å². The minimum absolute atomic E-state index is 0.0205. The first-order valence-corrected chi connectivity index (χ1v) is 15.4. The third-order valence-electron chi connectivity index (χ3n) is 7.85. The van der Waals surface area contributed by atoms with Crippen molar-refractivity contribution in [3.05, 3.63) is 65.2 Å². The van der Waals surface area contributed by atoms with Gasteiger partial charge in [-0.15, -0.1) is 0 Å². The number of likely N-dealkylation sites (tertiary alicyclic amines) is 1. The number of rotatable bonds is 5. The van der Waals surface area contributed by atoms with Crippen molar-refractivity contribution in [3.8, 4) is 11.5 Å². The summed E-state index contributed by atoms with van der Waals surface area (Å²) in [5, 5.41) is 9.71. The topological polar surface area (TPSA) is 112 Å². The molecule has 2 aromatic rings. The number of benzene rings is 2. The predicted molar refractivity (Wildman–Crippen MR) is 161 cm³/mol. The molecule has 4 atom stereocenters. The molecule has 3 fully saturated rings. The van der Waals surface area contributed by atoms with Gasteiger partial charge in [-0.3, -0.25) is 9.69 Å². The van der Waals surface area contributed by atoms with Crippen LogP contribution in [0.1, 0.15) is 40.0 Å². The summed E-state index contributed by atoms with van der Waals surface area (Å²) in [5.41, 5.74) is 0.889. The molecule has 0 aromatic heterocycles. The van der Waals surface area contributed by atoms with Gasteiger partial charge >= 0.3 is 12.1 Å². The number of thioether (sulfide) groups is 1. The molecule has 6 rings (SSSR count). The van der Waals surface area contributed by atoms with E-state index in [1.165, 1.54) is 11.8 Å². The average molecular weight is 592 g/mol. The van der Waals surface area contributed by atoms with Gasteiger partial charge in [0.1, 0.15) is 17.1 Å².